The molecular weight excluding hydrogens is 635 g/mol. The Hall–Kier alpha value is -2.41. The molecule has 0 aliphatic carbocycles. The molecule has 2 aliphatic rings. The molecule has 4 rings (SSSR count). The van der Waals surface area contributed by atoms with Gasteiger partial charge < -0.3 is 10.2 Å². The van der Waals surface area contributed by atoms with E-state index in [1.165, 1.54) is 23.4 Å². The second-order valence-corrected chi connectivity index (χ2v) is 13.4. The molecule has 2 saturated heterocycles. The third kappa shape index (κ3) is 6.56. The van der Waals surface area contributed by atoms with Gasteiger partial charge in [-0.2, -0.15) is 4.31 Å². The van der Waals surface area contributed by atoms with Crippen LogP contribution < -0.4 is 5.32 Å². The maximum atomic E-state index is 15.8. The number of nitrogens with one attached hydrogen (secondary N) is 1. The highest BCUT2D eigenvalue weighted by atomic mass is 79.9. The smallest absolute Gasteiger partial charge is 0.282 e. The minimum Gasteiger partial charge on any atom is -0.347 e. The van der Waals surface area contributed by atoms with Gasteiger partial charge in [-0.05, 0) is 49.7 Å². The van der Waals surface area contributed by atoms with Gasteiger partial charge in [-0.1, -0.05) is 45.7 Å². The lowest BCUT2D eigenvalue weighted by Crippen LogP contribution is -2.58. The van der Waals surface area contributed by atoms with E-state index >= 15 is 4.39 Å². The van der Waals surface area contributed by atoms with E-state index in [2.05, 4.69) is 21.2 Å². The van der Waals surface area contributed by atoms with Crippen molar-refractivity contribution in [2.75, 3.05) is 19.6 Å². The maximum absolute atomic E-state index is 15.8. The summed E-state index contributed by atoms with van der Waals surface area (Å²) >= 11 is 9.52. The number of halogens is 5. The average molecular weight is 663 g/mol. The first kappa shape index (κ1) is 30.5. The van der Waals surface area contributed by atoms with Crippen molar-refractivity contribution in [2.24, 2.45) is 0 Å². The van der Waals surface area contributed by atoms with Gasteiger partial charge in [-0.25, -0.2) is 21.6 Å². The Kier molecular flexibility index (Phi) is 8.75. The van der Waals surface area contributed by atoms with E-state index in [4.69, 9.17) is 11.6 Å². The molecule has 2 amide bonds. The number of hydrogen-bond donors (Lipinski definition) is 1. The van der Waals surface area contributed by atoms with E-state index in [1.54, 1.807) is 43.3 Å². The molecule has 0 unspecified atom stereocenters. The zero-order valence-corrected chi connectivity index (χ0v) is 24.9. The minimum atomic E-state index is -4.09. The first-order chi connectivity index (χ1) is 18.6. The zero-order valence-electron chi connectivity index (χ0n) is 21.7. The summed E-state index contributed by atoms with van der Waals surface area (Å²) in [5.41, 5.74) is -1.32. The fourth-order valence-electron chi connectivity index (χ4n) is 4.86. The third-order valence-corrected chi connectivity index (χ3v) is 9.75. The standard InChI is InChI=1S/C27H28BrClF3N3O4S/c1-17(6-9-24(36)34-15-27(31,32)16-34)33-25(37)26(30)10-11-35(18(2)14-26)40(38,39)23-8-7-20(28)13-22(23)19-4-3-5-21(29)12-19/h3-9,12-13,17-18H,10-11,14-16H2,1-2H3,(H,33,37)/b9-6+/t17-,18-,26+/m1/s1. The van der Waals surface area contributed by atoms with Crippen molar-refractivity contribution in [3.63, 3.8) is 0 Å². The van der Waals surface area contributed by atoms with Crippen LogP contribution in [0.3, 0.4) is 0 Å². The molecule has 0 saturated carbocycles. The molecule has 2 aliphatic heterocycles. The highest BCUT2D eigenvalue weighted by Gasteiger charge is 2.48. The van der Waals surface area contributed by atoms with Crippen molar-refractivity contribution in [2.45, 2.75) is 55.3 Å². The van der Waals surface area contributed by atoms with Crippen molar-refractivity contribution in [1.29, 1.82) is 0 Å². The first-order valence-corrected chi connectivity index (χ1v) is 15.1. The molecule has 1 N–H and O–H groups in total. The first-order valence-electron chi connectivity index (χ1n) is 12.5. The molecule has 216 valence electrons. The number of alkyl halides is 3. The summed E-state index contributed by atoms with van der Waals surface area (Å²) in [6, 6.07) is 9.94. The van der Waals surface area contributed by atoms with Crippen LogP contribution >= 0.6 is 27.5 Å². The van der Waals surface area contributed by atoms with Crippen LogP contribution in [0.1, 0.15) is 26.7 Å². The van der Waals surface area contributed by atoms with E-state index < -0.39 is 58.6 Å². The summed E-state index contributed by atoms with van der Waals surface area (Å²) in [5.74, 6) is -4.45. The van der Waals surface area contributed by atoms with Crippen molar-refractivity contribution in [3.8, 4) is 11.1 Å². The highest BCUT2D eigenvalue weighted by Crippen LogP contribution is 2.38. The van der Waals surface area contributed by atoms with Gasteiger partial charge >= 0.3 is 0 Å². The summed E-state index contributed by atoms with van der Waals surface area (Å²) in [6.07, 6.45) is 1.62. The van der Waals surface area contributed by atoms with Gasteiger partial charge in [0.2, 0.25) is 15.9 Å². The molecule has 2 heterocycles. The number of amides is 2. The molecular formula is C27H28BrClF3N3O4S. The Bertz CT molecular complexity index is 1450. The van der Waals surface area contributed by atoms with Gasteiger partial charge in [0, 0.05) is 52.6 Å². The molecule has 3 atom stereocenters. The zero-order chi connectivity index (χ0) is 29.5. The third-order valence-electron chi connectivity index (χ3n) is 6.95. The molecule has 7 nitrogen and oxygen atoms in total. The molecule has 0 bridgehead atoms. The Morgan fingerprint density at radius 1 is 1.18 bits per heavy atom. The fourth-order valence-corrected chi connectivity index (χ4v) is 7.24. The predicted molar refractivity (Wildman–Crippen MR) is 149 cm³/mol. The minimum absolute atomic E-state index is 0.0315. The van der Waals surface area contributed by atoms with Crippen LogP contribution in [0.4, 0.5) is 13.2 Å². The number of carbonyl (C=O) groups excluding carboxylic acids is 2. The molecule has 40 heavy (non-hydrogen) atoms. The number of hydrogen-bond acceptors (Lipinski definition) is 4. The number of sulfonamides is 1. The number of benzene rings is 2. The van der Waals surface area contributed by atoms with E-state index in [-0.39, 0.29) is 24.3 Å². The predicted octanol–water partition coefficient (Wildman–Crippen LogP) is 5.19. The molecule has 13 heteroatoms. The molecule has 2 aromatic carbocycles. The monoisotopic (exact) mass is 661 g/mol. The summed E-state index contributed by atoms with van der Waals surface area (Å²) in [7, 11) is -4.09. The topological polar surface area (TPSA) is 86.8 Å². The van der Waals surface area contributed by atoms with Gasteiger partial charge in [0.25, 0.3) is 11.8 Å². The molecule has 0 aromatic heterocycles. The Morgan fingerprint density at radius 3 is 2.50 bits per heavy atom. The van der Waals surface area contributed by atoms with Crippen LogP contribution in [0.5, 0.6) is 0 Å². The fraction of sp³-hybridized carbons (Fsp3) is 0.407. The lowest BCUT2D eigenvalue weighted by Gasteiger charge is -2.40. The van der Waals surface area contributed by atoms with E-state index in [0.29, 0.717) is 20.6 Å². The van der Waals surface area contributed by atoms with Crippen LogP contribution in [-0.2, 0) is 19.6 Å². The largest absolute Gasteiger partial charge is 0.347 e. The summed E-state index contributed by atoms with van der Waals surface area (Å²) in [6.45, 7) is 1.50. The SMILES string of the molecule is C[C@H](/C=C/C(=O)N1CC(F)(F)C1)NC(=O)[C@]1(F)CCN(S(=O)(=O)c2ccc(Br)cc2-c2cccc(Cl)c2)[C@H](C)C1. The average Bonchev–Trinajstić information content (AvgIpc) is 2.85. The second kappa shape index (κ2) is 11.5. The summed E-state index contributed by atoms with van der Waals surface area (Å²) < 4.78 is 71.2. The molecule has 2 aromatic rings. The summed E-state index contributed by atoms with van der Waals surface area (Å²) in [4.78, 5) is 25.8. The van der Waals surface area contributed by atoms with Crippen molar-refractivity contribution in [3.05, 3.63) is 64.1 Å². The lowest BCUT2D eigenvalue weighted by atomic mass is 9.89. The van der Waals surface area contributed by atoms with Crippen LogP contribution in [0, 0.1) is 0 Å². The quantitative estimate of drug-likeness (QED) is 0.414. The van der Waals surface area contributed by atoms with Crippen molar-refractivity contribution in [1.82, 2.24) is 14.5 Å². The van der Waals surface area contributed by atoms with Crippen molar-refractivity contribution < 1.29 is 31.2 Å². The van der Waals surface area contributed by atoms with E-state index in [1.807, 2.05) is 0 Å². The van der Waals surface area contributed by atoms with Crippen LogP contribution in [-0.4, -0.2) is 72.7 Å². The van der Waals surface area contributed by atoms with Gasteiger partial charge in [0.1, 0.15) is 0 Å². The number of likely N-dealkylation sites (tertiary alicyclic amines) is 1. The van der Waals surface area contributed by atoms with Gasteiger partial charge in [-0.15, -0.1) is 0 Å². The number of nitrogens with zero attached hydrogens (tertiary/aromatic N) is 2. The Morgan fingerprint density at radius 2 is 1.88 bits per heavy atom. The Balaban J connectivity index is 1.45. The maximum Gasteiger partial charge on any atom is 0.282 e. The molecule has 0 spiro atoms. The number of rotatable bonds is 7. The normalized spacial score (nSPS) is 24.0. The molecule has 0 radical (unpaired) electrons. The van der Waals surface area contributed by atoms with Crippen LogP contribution in [0.25, 0.3) is 11.1 Å². The van der Waals surface area contributed by atoms with E-state index in [9.17, 15) is 26.8 Å². The lowest BCUT2D eigenvalue weighted by molar-refractivity contribution is -0.160. The van der Waals surface area contributed by atoms with E-state index in [0.717, 1.165) is 11.0 Å². The molecule has 2 fully saturated rings. The van der Waals surface area contributed by atoms with Crippen LogP contribution in [0.2, 0.25) is 5.02 Å². The Labute approximate surface area is 244 Å². The summed E-state index contributed by atoms with van der Waals surface area (Å²) in [5, 5.41) is 2.92. The highest BCUT2D eigenvalue weighted by molar-refractivity contribution is 9.10. The van der Waals surface area contributed by atoms with Gasteiger partial charge in [-0.3, -0.25) is 9.59 Å². The number of carbonyl (C=O) groups is 2. The number of piperidine rings is 1. The van der Waals surface area contributed by atoms with Gasteiger partial charge in [0.05, 0.1) is 18.0 Å². The van der Waals surface area contributed by atoms with Gasteiger partial charge in [0.15, 0.2) is 5.67 Å². The van der Waals surface area contributed by atoms with Crippen molar-refractivity contribution >= 4 is 49.4 Å². The van der Waals surface area contributed by atoms with Crippen LogP contribution in [0.15, 0.2) is 64.0 Å². The second-order valence-electron chi connectivity index (χ2n) is 10.2.